The summed E-state index contributed by atoms with van der Waals surface area (Å²) in [5, 5.41) is -0.109. The second-order valence-corrected chi connectivity index (χ2v) is 13.1. The number of H-pyrrole nitrogens is 1. The number of imide groups is 1. The lowest BCUT2D eigenvalue weighted by atomic mass is 9.82. The van der Waals surface area contributed by atoms with Gasteiger partial charge in [-0.3, -0.25) is 19.2 Å². The lowest BCUT2D eigenvalue weighted by molar-refractivity contribution is -0.134. The zero-order valence-electron chi connectivity index (χ0n) is 21.1. The van der Waals surface area contributed by atoms with Gasteiger partial charge in [0.2, 0.25) is 11.8 Å². The van der Waals surface area contributed by atoms with Gasteiger partial charge in [0.15, 0.2) is 6.61 Å². The molecule has 0 spiro atoms. The average Bonchev–Trinajstić information content (AvgIpc) is 3.43. The van der Waals surface area contributed by atoms with Gasteiger partial charge in [-0.25, -0.2) is 4.90 Å². The largest absolute Gasteiger partial charge is 0.483 e. The van der Waals surface area contributed by atoms with E-state index in [9.17, 15) is 19.2 Å². The zero-order valence-corrected chi connectivity index (χ0v) is 24.4. The molecule has 0 unspecified atom stereocenters. The first-order valence-electron chi connectivity index (χ1n) is 12.9. The van der Waals surface area contributed by atoms with Crippen molar-refractivity contribution in [2.24, 2.45) is 5.92 Å². The molecule has 202 valence electrons. The van der Waals surface area contributed by atoms with Crippen LogP contribution in [0.3, 0.4) is 0 Å². The van der Waals surface area contributed by atoms with Crippen LogP contribution in [0.4, 0.5) is 5.69 Å². The average molecular weight is 629 g/mol. The van der Waals surface area contributed by atoms with Crippen LogP contribution >= 0.6 is 39.0 Å². The molecule has 4 heterocycles. The number of thioether (sulfide) groups is 1. The molecule has 0 aliphatic carbocycles. The molecule has 1 aromatic heterocycles. The van der Waals surface area contributed by atoms with E-state index < -0.39 is 17.1 Å². The molecule has 39 heavy (non-hydrogen) atoms. The maximum Gasteiger partial charge on any atom is 0.305 e. The molecule has 8 nitrogen and oxygen atoms in total. The number of nitrogens with zero attached hydrogens (tertiary/aromatic N) is 2. The number of rotatable bonds is 5. The van der Waals surface area contributed by atoms with Crippen LogP contribution in [0.2, 0.25) is 0 Å². The number of likely N-dealkylation sites (tertiary alicyclic amines) is 1. The molecule has 3 atom stereocenters. The number of carbonyl (C=O) groups is 3. The highest BCUT2D eigenvalue weighted by Crippen LogP contribution is 2.54. The van der Waals surface area contributed by atoms with Gasteiger partial charge in [-0.2, -0.15) is 0 Å². The van der Waals surface area contributed by atoms with Crippen LogP contribution in [0.1, 0.15) is 41.2 Å². The Morgan fingerprint density at radius 1 is 1.05 bits per heavy atom. The van der Waals surface area contributed by atoms with Crippen molar-refractivity contribution in [1.29, 1.82) is 0 Å². The van der Waals surface area contributed by atoms with Gasteiger partial charge in [-0.15, -0.1) is 0 Å². The number of amides is 3. The van der Waals surface area contributed by atoms with Crippen LogP contribution in [0, 0.1) is 12.8 Å². The van der Waals surface area contributed by atoms with Gasteiger partial charge in [0.25, 0.3) is 5.91 Å². The molecule has 0 radical (unpaired) electrons. The number of ether oxygens (including phenoxy) is 1. The van der Waals surface area contributed by atoms with Crippen molar-refractivity contribution < 1.29 is 19.1 Å². The van der Waals surface area contributed by atoms with E-state index >= 15 is 0 Å². The molecule has 2 aromatic carbocycles. The number of thiazole rings is 1. The third-order valence-corrected chi connectivity index (χ3v) is 10.4. The van der Waals surface area contributed by atoms with Crippen molar-refractivity contribution in [2.45, 2.75) is 42.4 Å². The topological polar surface area (TPSA) is 99.8 Å². The van der Waals surface area contributed by atoms with Gasteiger partial charge in [-0.1, -0.05) is 56.7 Å². The number of hydrogen-bond donors (Lipinski definition) is 1. The zero-order chi connectivity index (χ0) is 27.3. The van der Waals surface area contributed by atoms with Crippen molar-refractivity contribution in [3.63, 3.8) is 0 Å². The number of hydrogen-bond acceptors (Lipinski definition) is 7. The maximum atomic E-state index is 14.0. The Hall–Kier alpha value is -2.89. The summed E-state index contributed by atoms with van der Waals surface area (Å²) < 4.78 is 6.87. The first kappa shape index (κ1) is 26.3. The minimum atomic E-state index is -0.739. The van der Waals surface area contributed by atoms with Crippen LogP contribution in [-0.2, 0) is 14.4 Å². The molecule has 1 N–H and O–H groups in total. The molecule has 11 heteroatoms. The summed E-state index contributed by atoms with van der Waals surface area (Å²) in [4.78, 5) is 59.4. The highest BCUT2D eigenvalue weighted by atomic mass is 79.9. The Morgan fingerprint density at radius 3 is 2.54 bits per heavy atom. The summed E-state index contributed by atoms with van der Waals surface area (Å²) in [6, 6.07) is 12.7. The summed E-state index contributed by atoms with van der Waals surface area (Å²) in [6.07, 6.45) is 3.10. The number of aryl methyl sites for hydroxylation is 1. The minimum Gasteiger partial charge on any atom is -0.483 e. The number of halogens is 1. The van der Waals surface area contributed by atoms with Crippen molar-refractivity contribution in [1.82, 2.24) is 9.88 Å². The second-order valence-electron chi connectivity index (χ2n) is 10.0. The predicted molar refractivity (Wildman–Crippen MR) is 154 cm³/mol. The standard InChI is InChI=1S/C28H26BrN3O5S2/c1-15-5-8-17(9-6-15)32-26(34)22-21(23-25(30-28(36)39-23)38-24(22)27(32)35)18-13-16(29)7-10-19(18)37-14-20(33)31-11-3-2-4-12-31/h5-10,13,21-22,24H,2-4,11-12,14H2,1H3,(H,30,36)/t21-,22-,24+/m0/s1. The quantitative estimate of drug-likeness (QED) is 0.412. The number of aromatic nitrogens is 1. The number of nitrogens with one attached hydrogen (secondary N) is 1. The van der Waals surface area contributed by atoms with Crippen molar-refractivity contribution >= 4 is 62.4 Å². The number of benzene rings is 2. The smallest absolute Gasteiger partial charge is 0.305 e. The number of carbonyl (C=O) groups excluding carboxylic acids is 3. The van der Waals surface area contributed by atoms with Gasteiger partial charge in [-0.05, 0) is 56.5 Å². The Balaban J connectivity index is 1.39. The third-order valence-electron chi connectivity index (χ3n) is 7.48. The Bertz CT molecular complexity index is 1510. The van der Waals surface area contributed by atoms with Gasteiger partial charge in [0, 0.05) is 33.9 Å². The molecule has 3 aliphatic rings. The lowest BCUT2D eigenvalue weighted by Gasteiger charge is -2.31. The second kappa shape index (κ2) is 10.6. The third kappa shape index (κ3) is 4.85. The van der Waals surface area contributed by atoms with Crippen LogP contribution in [0.15, 0.2) is 56.8 Å². The summed E-state index contributed by atoms with van der Waals surface area (Å²) in [6.45, 7) is 3.28. The predicted octanol–water partition coefficient (Wildman–Crippen LogP) is 4.69. The van der Waals surface area contributed by atoms with Crippen LogP contribution < -0.4 is 14.5 Å². The number of piperidine rings is 1. The first-order chi connectivity index (χ1) is 18.8. The molecular formula is C28H26BrN3O5S2. The molecule has 3 aliphatic heterocycles. The lowest BCUT2D eigenvalue weighted by Crippen LogP contribution is -2.38. The summed E-state index contributed by atoms with van der Waals surface area (Å²) >= 11 is 5.82. The van der Waals surface area contributed by atoms with E-state index in [4.69, 9.17) is 4.74 Å². The monoisotopic (exact) mass is 627 g/mol. The molecule has 2 fully saturated rings. The van der Waals surface area contributed by atoms with E-state index in [0.29, 0.717) is 26.9 Å². The van der Waals surface area contributed by atoms with Crippen LogP contribution in [-0.4, -0.2) is 52.6 Å². The molecule has 3 aromatic rings. The number of aromatic amines is 1. The highest BCUT2D eigenvalue weighted by molar-refractivity contribution is 9.10. The van der Waals surface area contributed by atoms with Crippen molar-refractivity contribution in [2.75, 3.05) is 24.6 Å². The fourth-order valence-electron chi connectivity index (χ4n) is 5.57. The Morgan fingerprint density at radius 2 is 1.79 bits per heavy atom. The number of fused-ring (bicyclic) bond motifs is 2. The highest BCUT2D eigenvalue weighted by Gasteiger charge is 2.56. The summed E-state index contributed by atoms with van der Waals surface area (Å²) in [5.41, 5.74) is 2.21. The van der Waals surface area contributed by atoms with E-state index in [0.717, 1.165) is 53.7 Å². The maximum absolute atomic E-state index is 14.0. The fourth-order valence-corrected chi connectivity index (χ4v) is 8.45. The minimum absolute atomic E-state index is 0.0784. The van der Waals surface area contributed by atoms with Gasteiger partial charge < -0.3 is 14.6 Å². The summed E-state index contributed by atoms with van der Waals surface area (Å²) in [7, 11) is 0. The Kier molecular flexibility index (Phi) is 7.15. The van der Waals surface area contributed by atoms with Gasteiger partial charge >= 0.3 is 4.87 Å². The van der Waals surface area contributed by atoms with Crippen molar-refractivity contribution in [3.8, 4) is 5.75 Å². The van der Waals surface area contributed by atoms with Crippen molar-refractivity contribution in [3.05, 3.63) is 72.6 Å². The fraction of sp³-hybridized carbons (Fsp3) is 0.357. The number of anilines is 1. The van der Waals surface area contributed by atoms with E-state index in [1.807, 2.05) is 36.1 Å². The molecule has 0 saturated carbocycles. The van der Waals surface area contributed by atoms with E-state index in [1.54, 1.807) is 18.2 Å². The SMILES string of the molecule is Cc1ccc(N2C(=O)[C@H]3[C@H](c4cc(Br)ccc4OCC(=O)N4CCCCC4)c4sc(=O)[nH]c4S[C@H]3C2=O)cc1. The normalized spacial score (nSPS) is 22.6. The Labute approximate surface area is 241 Å². The molecule has 2 saturated heterocycles. The molecule has 6 rings (SSSR count). The molecule has 3 amide bonds. The van der Waals surface area contributed by atoms with E-state index in [-0.39, 0.29) is 29.2 Å². The summed E-state index contributed by atoms with van der Waals surface area (Å²) in [5.74, 6) is -1.57. The van der Waals surface area contributed by atoms with Crippen LogP contribution in [0.25, 0.3) is 0 Å². The van der Waals surface area contributed by atoms with Gasteiger partial charge in [0.1, 0.15) is 11.0 Å². The van der Waals surface area contributed by atoms with E-state index in [1.165, 1.54) is 16.7 Å². The molecular weight excluding hydrogens is 602 g/mol. The van der Waals surface area contributed by atoms with E-state index in [2.05, 4.69) is 20.9 Å². The van der Waals surface area contributed by atoms with Crippen LogP contribution in [0.5, 0.6) is 5.75 Å². The van der Waals surface area contributed by atoms with Gasteiger partial charge in [0.05, 0.1) is 16.6 Å². The first-order valence-corrected chi connectivity index (χ1v) is 15.3. The molecule has 0 bridgehead atoms.